The zero-order valence-electron chi connectivity index (χ0n) is 10.8. The minimum Gasteiger partial charge on any atom is -0.352 e. The fourth-order valence-corrected chi connectivity index (χ4v) is 2.54. The molecule has 1 aromatic rings. The summed E-state index contributed by atoms with van der Waals surface area (Å²) in [5, 5.41) is 0. The van der Waals surface area contributed by atoms with Crippen molar-refractivity contribution < 1.29 is 0 Å². The predicted molar refractivity (Wildman–Crippen MR) is 71.1 cm³/mol. The van der Waals surface area contributed by atoms with Crippen LogP contribution in [0.4, 0.5) is 5.82 Å². The molecule has 1 fully saturated rings. The predicted octanol–water partition coefficient (Wildman–Crippen LogP) is 1.07. The van der Waals surface area contributed by atoms with Crippen LogP contribution in [-0.4, -0.2) is 42.6 Å². The van der Waals surface area contributed by atoms with Crippen molar-refractivity contribution in [2.24, 2.45) is 5.73 Å². The molecular formula is C13H22N4. The summed E-state index contributed by atoms with van der Waals surface area (Å²) in [5.41, 5.74) is 6.93. The van der Waals surface area contributed by atoms with Gasteiger partial charge in [0.2, 0.25) is 0 Å². The Hall–Kier alpha value is -1.13. The Balaban J connectivity index is 2.25. The number of rotatable bonds is 2. The summed E-state index contributed by atoms with van der Waals surface area (Å²) in [6.45, 7) is 6.13. The van der Waals surface area contributed by atoms with Gasteiger partial charge in [0, 0.05) is 37.4 Å². The summed E-state index contributed by atoms with van der Waals surface area (Å²) in [6.07, 6.45) is 3.04. The van der Waals surface area contributed by atoms with Crippen LogP contribution >= 0.6 is 0 Å². The van der Waals surface area contributed by atoms with Crippen molar-refractivity contribution in [1.82, 2.24) is 9.88 Å². The average Bonchev–Trinajstić information content (AvgIpc) is 2.50. The monoisotopic (exact) mass is 234 g/mol. The quantitative estimate of drug-likeness (QED) is 0.831. The summed E-state index contributed by atoms with van der Waals surface area (Å²) in [4.78, 5) is 9.30. The van der Waals surface area contributed by atoms with Crippen molar-refractivity contribution >= 4 is 5.82 Å². The van der Waals surface area contributed by atoms with E-state index in [0.717, 1.165) is 31.0 Å². The second kappa shape index (κ2) is 5.47. The van der Waals surface area contributed by atoms with Gasteiger partial charge in [0.15, 0.2) is 0 Å². The highest BCUT2D eigenvalue weighted by atomic mass is 15.3. The van der Waals surface area contributed by atoms with E-state index in [4.69, 9.17) is 5.73 Å². The summed E-state index contributed by atoms with van der Waals surface area (Å²) < 4.78 is 0. The second-order valence-corrected chi connectivity index (χ2v) is 4.85. The number of hydrogen-bond acceptors (Lipinski definition) is 4. The molecule has 0 saturated carbocycles. The van der Waals surface area contributed by atoms with E-state index < -0.39 is 0 Å². The SMILES string of the molecule is CC1CN(C)CCCN1c1ncccc1CN. The summed E-state index contributed by atoms with van der Waals surface area (Å²) >= 11 is 0. The Morgan fingerprint density at radius 1 is 1.47 bits per heavy atom. The highest BCUT2D eigenvalue weighted by Gasteiger charge is 2.22. The first-order valence-corrected chi connectivity index (χ1v) is 6.31. The van der Waals surface area contributed by atoms with Crippen molar-refractivity contribution in [3.8, 4) is 0 Å². The Morgan fingerprint density at radius 3 is 3.06 bits per heavy atom. The highest BCUT2D eigenvalue weighted by molar-refractivity contribution is 5.47. The van der Waals surface area contributed by atoms with E-state index in [1.165, 1.54) is 6.42 Å². The Kier molecular flexibility index (Phi) is 3.97. The lowest BCUT2D eigenvalue weighted by Gasteiger charge is -2.30. The molecule has 1 unspecified atom stereocenters. The topological polar surface area (TPSA) is 45.4 Å². The van der Waals surface area contributed by atoms with Gasteiger partial charge < -0.3 is 15.5 Å². The molecule has 1 atom stereocenters. The van der Waals surface area contributed by atoms with Gasteiger partial charge in [-0.1, -0.05) is 6.07 Å². The third-order valence-corrected chi connectivity index (χ3v) is 3.41. The normalized spacial score (nSPS) is 22.5. The van der Waals surface area contributed by atoms with Crippen LogP contribution in [0.25, 0.3) is 0 Å². The van der Waals surface area contributed by atoms with Crippen LogP contribution in [0.5, 0.6) is 0 Å². The standard InChI is InChI=1S/C13H22N4/c1-11-10-16(2)7-4-8-17(11)13-12(9-14)5-3-6-15-13/h3,5-6,11H,4,7-10,14H2,1-2H3. The summed E-state index contributed by atoms with van der Waals surface area (Å²) in [5.74, 6) is 1.07. The Labute approximate surface area is 103 Å². The van der Waals surface area contributed by atoms with Gasteiger partial charge in [0.25, 0.3) is 0 Å². The van der Waals surface area contributed by atoms with Gasteiger partial charge in [0.05, 0.1) is 0 Å². The Morgan fingerprint density at radius 2 is 2.29 bits per heavy atom. The molecule has 2 heterocycles. The molecule has 1 aliphatic heterocycles. The molecule has 2 rings (SSSR count). The van der Waals surface area contributed by atoms with E-state index in [9.17, 15) is 0 Å². The number of likely N-dealkylation sites (N-methyl/N-ethyl adjacent to an activating group) is 1. The summed E-state index contributed by atoms with van der Waals surface area (Å²) in [6, 6.07) is 4.52. The molecule has 1 saturated heterocycles. The van der Waals surface area contributed by atoms with Crippen LogP contribution in [0.15, 0.2) is 18.3 Å². The van der Waals surface area contributed by atoms with Gasteiger partial charge in [-0.2, -0.15) is 0 Å². The molecule has 1 aliphatic rings. The lowest BCUT2D eigenvalue weighted by atomic mass is 10.2. The summed E-state index contributed by atoms with van der Waals surface area (Å²) in [7, 11) is 2.18. The number of hydrogen-bond donors (Lipinski definition) is 1. The van der Waals surface area contributed by atoms with Crippen LogP contribution in [0.3, 0.4) is 0 Å². The maximum Gasteiger partial charge on any atom is 0.133 e. The fourth-order valence-electron chi connectivity index (χ4n) is 2.54. The fraction of sp³-hybridized carbons (Fsp3) is 0.615. The highest BCUT2D eigenvalue weighted by Crippen LogP contribution is 2.21. The maximum atomic E-state index is 5.79. The van der Waals surface area contributed by atoms with Crippen molar-refractivity contribution in [3.05, 3.63) is 23.9 Å². The largest absolute Gasteiger partial charge is 0.352 e. The third kappa shape index (κ3) is 2.76. The third-order valence-electron chi connectivity index (χ3n) is 3.41. The molecule has 4 nitrogen and oxygen atoms in total. The first-order chi connectivity index (χ1) is 8.22. The Bertz CT molecular complexity index is 366. The van der Waals surface area contributed by atoms with Crippen LogP contribution in [0.2, 0.25) is 0 Å². The molecule has 2 N–H and O–H groups in total. The molecule has 0 radical (unpaired) electrons. The van der Waals surface area contributed by atoms with Gasteiger partial charge in [-0.15, -0.1) is 0 Å². The van der Waals surface area contributed by atoms with Gasteiger partial charge in [-0.25, -0.2) is 4.98 Å². The van der Waals surface area contributed by atoms with Crippen molar-refractivity contribution in [2.45, 2.75) is 25.9 Å². The van der Waals surface area contributed by atoms with Crippen molar-refractivity contribution in [3.63, 3.8) is 0 Å². The second-order valence-electron chi connectivity index (χ2n) is 4.85. The van der Waals surface area contributed by atoms with Crippen LogP contribution in [0.1, 0.15) is 18.9 Å². The first kappa shape index (κ1) is 12.3. The molecule has 17 heavy (non-hydrogen) atoms. The average molecular weight is 234 g/mol. The lowest BCUT2D eigenvalue weighted by molar-refractivity contribution is 0.337. The number of nitrogens with zero attached hydrogens (tertiary/aromatic N) is 3. The molecule has 94 valence electrons. The van der Waals surface area contributed by atoms with Gasteiger partial charge in [-0.05, 0) is 33.0 Å². The van der Waals surface area contributed by atoms with Gasteiger partial charge in [-0.3, -0.25) is 0 Å². The molecule has 0 amide bonds. The minimum atomic E-state index is 0.489. The van der Waals surface area contributed by atoms with E-state index >= 15 is 0 Å². The molecule has 1 aromatic heterocycles. The molecule has 0 spiro atoms. The van der Waals surface area contributed by atoms with E-state index in [-0.39, 0.29) is 0 Å². The van der Waals surface area contributed by atoms with Crippen molar-refractivity contribution in [1.29, 1.82) is 0 Å². The smallest absolute Gasteiger partial charge is 0.133 e. The molecule has 0 bridgehead atoms. The van der Waals surface area contributed by atoms with Crippen molar-refractivity contribution in [2.75, 3.05) is 31.6 Å². The molecular weight excluding hydrogens is 212 g/mol. The molecule has 0 aliphatic carbocycles. The molecule has 0 aromatic carbocycles. The lowest BCUT2D eigenvalue weighted by Crippen LogP contribution is -2.39. The number of nitrogens with two attached hydrogens (primary N) is 1. The minimum absolute atomic E-state index is 0.489. The van der Waals surface area contributed by atoms with E-state index in [1.807, 2.05) is 12.3 Å². The van der Waals surface area contributed by atoms with E-state index in [1.54, 1.807) is 0 Å². The van der Waals surface area contributed by atoms with Crippen LogP contribution in [0, 0.1) is 0 Å². The van der Waals surface area contributed by atoms with Crippen LogP contribution < -0.4 is 10.6 Å². The maximum absolute atomic E-state index is 5.79. The zero-order valence-corrected chi connectivity index (χ0v) is 10.8. The number of aromatic nitrogens is 1. The molecule has 4 heteroatoms. The van der Waals surface area contributed by atoms with Gasteiger partial charge in [0.1, 0.15) is 5.82 Å². The zero-order chi connectivity index (χ0) is 12.3. The van der Waals surface area contributed by atoms with E-state index in [2.05, 4.69) is 34.8 Å². The van der Waals surface area contributed by atoms with Crippen LogP contribution in [-0.2, 0) is 6.54 Å². The van der Waals surface area contributed by atoms with Gasteiger partial charge >= 0.3 is 0 Å². The number of pyridine rings is 1. The first-order valence-electron chi connectivity index (χ1n) is 6.31. The number of anilines is 1. The van der Waals surface area contributed by atoms with E-state index in [0.29, 0.717) is 12.6 Å².